The highest BCUT2D eigenvalue weighted by molar-refractivity contribution is 7.53. The van der Waals surface area contributed by atoms with Gasteiger partial charge in [-0.1, -0.05) is 66.7 Å². The average Bonchev–Trinajstić information content (AvgIpc) is 2.79. The van der Waals surface area contributed by atoms with Gasteiger partial charge in [0.05, 0.1) is 17.5 Å². The molecule has 0 unspecified atom stereocenters. The van der Waals surface area contributed by atoms with Crippen LogP contribution < -0.4 is 5.32 Å². The third-order valence-electron chi connectivity index (χ3n) is 4.73. The molecule has 5 nitrogen and oxygen atoms in total. The van der Waals surface area contributed by atoms with Crippen molar-refractivity contribution >= 4 is 7.60 Å². The van der Waals surface area contributed by atoms with Crippen LogP contribution in [0, 0.1) is 0 Å². The fourth-order valence-corrected chi connectivity index (χ4v) is 4.20. The van der Waals surface area contributed by atoms with Crippen LogP contribution in [-0.2, 0) is 20.2 Å². The predicted molar refractivity (Wildman–Crippen MR) is 118 cm³/mol. The molecule has 0 aliphatic carbocycles. The molecule has 6 heteroatoms. The average molecular weight is 410 g/mol. The molecule has 0 bridgehead atoms. The molecule has 0 amide bonds. The van der Waals surface area contributed by atoms with Gasteiger partial charge >= 0.3 is 7.60 Å². The topological polar surface area (TPSA) is 60.5 Å². The van der Waals surface area contributed by atoms with E-state index in [-0.39, 0.29) is 0 Å². The fraction of sp³-hybridized carbons (Fsp3) is 0.261. The van der Waals surface area contributed by atoms with Crippen LogP contribution >= 0.6 is 7.60 Å². The van der Waals surface area contributed by atoms with Crippen LogP contribution in [0.4, 0.5) is 0 Å². The summed E-state index contributed by atoms with van der Waals surface area (Å²) in [5.41, 5.74) is 5.29. The number of hydrogen-bond acceptors (Lipinski definition) is 5. The molecule has 0 aliphatic heterocycles. The smallest absolute Gasteiger partial charge is 0.312 e. The van der Waals surface area contributed by atoms with Gasteiger partial charge in [-0.3, -0.25) is 9.55 Å². The van der Waals surface area contributed by atoms with Crippen molar-refractivity contribution in [2.75, 3.05) is 26.9 Å². The Labute approximate surface area is 172 Å². The third kappa shape index (κ3) is 5.84. The first-order chi connectivity index (χ1) is 14.1. The lowest BCUT2D eigenvalue weighted by Crippen LogP contribution is -2.17. The van der Waals surface area contributed by atoms with E-state index in [1.165, 1.54) is 14.2 Å². The van der Waals surface area contributed by atoms with E-state index in [1.54, 1.807) is 0 Å². The first-order valence-corrected chi connectivity index (χ1v) is 11.4. The maximum Gasteiger partial charge on any atom is 0.330 e. The Morgan fingerprint density at radius 2 is 1.48 bits per heavy atom. The summed E-state index contributed by atoms with van der Waals surface area (Å²) in [6, 6.07) is 24.7. The second kappa shape index (κ2) is 10.5. The molecule has 3 rings (SSSR count). The number of hydrogen-bond donors (Lipinski definition) is 1. The maximum atomic E-state index is 12.1. The zero-order chi connectivity index (χ0) is 20.5. The molecule has 29 heavy (non-hydrogen) atoms. The number of aromatic nitrogens is 1. The first-order valence-electron chi connectivity index (χ1n) is 9.67. The molecule has 0 atom stereocenters. The summed E-state index contributed by atoms with van der Waals surface area (Å²) in [6.45, 7) is 1.35. The second-order valence-corrected chi connectivity index (χ2v) is 9.06. The van der Waals surface area contributed by atoms with Crippen LogP contribution in [0.3, 0.4) is 0 Å². The van der Waals surface area contributed by atoms with Crippen LogP contribution in [-0.4, -0.2) is 31.9 Å². The molecule has 0 radical (unpaired) electrons. The van der Waals surface area contributed by atoms with Gasteiger partial charge in [0.1, 0.15) is 0 Å². The van der Waals surface area contributed by atoms with Crippen LogP contribution in [0.1, 0.15) is 12.1 Å². The van der Waals surface area contributed by atoms with Crippen molar-refractivity contribution in [3.8, 4) is 22.4 Å². The molecule has 1 heterocycles. The minimum atomic E-state index is -2.94. The fourth-order valence-electron chi connectivity index (χ4n) is 3.14. The lowest BCUT2D eigenvalue weighted by atomic mass is 9.99. The Balaban J connectivity index is 1.72. The summed E-state index contributed by atoms with van der Waals surface area (Å²) in [4.78, 5) is 4.93. The molecule has 0 saturated heterocycles. The lowest BCUT2D eigenvalue weighted by molar-refractivity contribution is 0.275. The SMILES string of the molecule is COP(=O)(CCCNCc1ccc(-c2ccccc2)c(-c2ccccc2)n1)OC. The molecule has 0 aliphatic rings. The van der Waals surface area contributed by atoms with E-state index in [9.17, 15) is 4.57 Å². The molecule has 0 spiro atoms. The molecule has 0 fully saturated rings. The predicted octanol–water partition coefficient (Wildman–Crippen LogP) is 5.38. The first kappa shape index (κ1) is 21.4. The normalized spacial score (nSPS) is 11.5. The van der Waals surface area contributed by atoms with Crippen molar-refractivity contribution in [1.29, 1.82) is 0 Å². The van der Waals surface area contributed by atoms with Crippen molar-refractivity contribution in [1.82, 2.24) is 10.3 Å². The molecule has 2 aromatic carbocycles. The molecule has 3 aromatic rings. The summed E-state index contributed by atoms with van der Waals surface area (Å²) in [6.07, 6.45) is 1.09. The van der Waals surface area contributed by atoms with Crippen LogP contribution in [0.15, 0.2) is 72.8 Å². The summed E-state index contributed by atoms with van der Waals surface area (Å²) in [7, 11) is -0.102. The minimum absolute atomic E-state index is 0.392. The van der Waals surface area contributed by atoms with Crippen molar-refractivity contribution in [3.63, 3.8) is 0 Å². The Hall–Kier alpha value is -2.30. The zero-order valence-corrected chi connectivity index (χ0v) is 17.8. The Bertz CT molecular complexity index is 941. The largest absolute Gasteiger partial charge is 0.330 e. The number of pyridine rings is 1. The van der Waals surface area contributed by atoms with E-state index in [1.807, 2.05) is 36.4 Å². The highest BCUT2D eigenvalue weighted by Gasteiger charge is 2.19. The Morgan fingerprint density at radius 3 is 2.10 bits per heavy atom. The Morgan fingerprint density at radius 1 is 0.862 bits per heavy atom. The summed E-state index contributed by atoms with van der Waals surface area (Å²) < 4.78 is 22.0. The van der Waals surface area contributed by atoms with Gasteiger partial charge in [-0.25, -0.2) is 0 Å². The molecule has 152 valence electrons. The standard InChI is InChI=1S/C23H27N2O3P/c1-27-29(26,28-2)17-9-16-24-18-21-14-15-22(19-10-5-3-6-11-19)23(25-21)20-12-7-4-8-13-20/h3-8,10-15,24H,9,16-18H2,1-2H3. The van der Waals surface area contributed by atoms with E-state index >= 15 is 0 Å². The molecule has 1 aromatic heterocycles. The number of rotatable bonds is 10. The van der Waals surface area contributed by atoms with Crippen molar-refractivity contribution in [2.45, 2.75) is 13.0 Å². The van der Waals surface area contributed by atoms with Crippen LogP contribution in [0.2, 0.25) is 0 Å². The number of benzene rings is 2. The quantitative estimate of drug-likeness (QED) is 0.359. The van der Waals surface area contributed by atoms with Gasteiger partial charge in [-0.05, 0) is 24.6 Å². The van der Waals surface area contributed by atoms with Crippen molar-refractivity contribution in [3.05, 3.63) is 78.5 Å². The van der Waals surface area contributed by atoms with Gasteiger partial charge in [-0.15, -0.1) is 0 Å². The zero-order valence-electron chi connectivity index (χ0n) is 16.9. The maximum absolute atomic E-state index is 12.1. The van der Waals surface area contributed by atoms with Crippen LogP contribution in [0.25, 0.3) is 22.4 Å². The molecular weight excluding hydrogens is 383 g/mol. The van der Waals surface area contributed by atoms with E-state index in [0.29, 0.717) is 25.7 Å². The third-order valence-corrected chi connectivity index (χ3v) is 6.71. The van der Waals surface area contributed by atoms with Gasteiger partial charge in [0.2, 0.25) is 0 Å². The van der Waals surface area contributed by atoms with E-state index in [0.717, 1.165) is 28.1 Å². The number of nitrogens with zero attached hydrogens (tertiary/aromatic N) is 1. The van der Waals surface area contributed by atoms with E-state index < -0.39 is 7.60 Å². The molecule has 0 saturated carbocycles. The molecule has 1 N–H and O–H groups in total. The van der Waals surface area contributed by atoms with Crippen molar-refractivity contribution in [2.24, 2.45) is 0 Å². The van der Waals surface area contributed by atoms with Gasteiger partial charge in [-0.2, -0.15) is 0 Å². The number of nitrogens with one attached hydrogen (secondary N) is 1. The second-order valence-electron chi connectivity index (χ2n) is 6.66. The summed E-state index contributed by atoms with van der Waals surface area (Å²) in [5, 5.41) is 3.37. The van der Waals surface area contributed by atoms with E-state index in [4.69, 9.17) is 14.0 Å². The van der Waals surface area contributed by atoms with Crippen molar-refractivity contribution < 1.29 is 13.6 Å². The van der Waals surface area contributed by atoms with Gasteiger partial charge in [0, 0.05) is 31.9 Å². The van der Waals surface area contributed by atoms with Gasteiger partial charge < -0.3 is 14.4 Å². The van der Waals surface area contributed by atoms with Crippen LogP contribution in [0.5, 0.6) is 0 Å². The monoisotopic (exact) mass is 410 g/mol. The van der Waals surface area contributed by atoms with Gasteiger partial charge in [0.25, 0.3) is 0 Å². The summed E-state index contributed by atoms with van der Waals surface area (Å²) >= 11 is 0. The van der Waals surface area contributed by atoms with Gasteiger partial charge in [0.15, 0.2) is 0 Å². The van der Waals surface area contributed by atoms with E-state index in [2.05, 4.69) is 41.7 Å². The molecular formula is C23H27N2O3P. The minimum Gasteiger partial charge on any atom is -0.312 e. The highest BCUT2D eigenvalue weighted by Crippen LogP contribution is 2.46. The summed E-state index contributed by atoms with van der Waals surface area (Å²) in [5.74, 6) is 0. The Kier molecular flexibility index (Phi) is 7.73. The lowest BCUT2D eigenvalue weighted by Gasteiger charge is -2.14. The highest BCUT2D eigenvalue weighted by atomic mass is 31.2.